The number of carbonyl (C=O) groups excluding carboxylic acids is 1. The van der Waals surface area contributed by atoms with Crippen molar-refractivity contribution in [2.24, 2.45) is 5.92 Å². The first-order valence-electron chi connectivity index (χ1n) is 5.95. The number of rotatable bonds is 5. The van der Waals surface area contributed by atoms with Crippen molar-refractivity contribution in [3.05, 3.63) is 29.8 Å². The summed E-state index contributed by atoms with van der Waals surface area (Å²) in [5, 5.41) is 0. The van der Waals surface area contributed by atoms with Crippen molar-refractivity contribution in [2.75, 3.05) is 7.11 Å². The van der Waals surface area contributed by atoms with Crippen LogP contribution in [0.4, 0.5) is 0 Å². The topological polar surface area (TPSA) is 26.3 Å². The van der Waals surface area contributed by atoms with Gasteiger partial charge in [-0.05, 0) is 37.0 Å². The Bertz CT molecular complexity index is 350. The monoisotopic (exact) mass is 218 g/mol. The molecule has 0 N–H and O–H groups in total. The molecule has 86 valence electrons. The first-order chi connectivity index (χ1) is 7.79. The molecule has 0 heterocycles. The van der Waals surface area contributed by atoms with Gasteiger partial charge < -0.3 is 4.74 Å². The summed E-state index contributed by atoms with van der Waals surface area (Å²) in [6, 6.07) is 7.96. The molecule has 1 aromatic carbocycles. The summed E-state index contributed by atoms with van der Waals surface area (Å²) in [7, 11) is 1.66. The Morgan fingerprint density at radius 2 is 2.00 bits per heavy atom. The third kappa shape index (κ3) is 2.63. The number of ether oxygens (including phenoxy) is 1. The minimum absolute atomic E-state index is 0.373. The van der Waals surface area contributed by atoms with Crippen molar-refractivity contribution in [2.45, 2.75) is 32.1 Å². The van der Waals surface area contributed by atoms with Crippen LogP contribution in [0.25, 0.3) is 0 Å². The van der Waals surface area contributed by atoms with Gasteiger partial charge >= 0.3 is 0 Å². The first-order valence-corrected chi connectivity index (χ1v) is 5.95. The summed E-state index contributed by atoms with van der Waals surface area (Å²) in [4.78, 5) is 11.7. The van der Waals surface area contributed by atoms with Crippen molar-refractivity contribution in [1.82, 2.24) is 0 Å². The lowest BCUT2D eigenvalue weighted by Gasteiger charge is -2.23. The Morgan fingerprint density at radius 3 is 2.50 bits per heavy atom. The average Bonchev–Trinajstić information content (AvgIpc) is 2.25. The van der Waals surface area contributed by atoms with Gasteiger partial charge in [-0.2, -0.15) is 0 Å². The molecule has 0 saturated heterocycles. The van der Waals surface area contributed by atoms with Gasteiger partial charge in [0, 0.05) is 12.3 Å². The molecule has 0 spiro atoms. The highest BCUT2D eigenvalue weighted by atomic mass is 16.5. The molecule has 1 fully saturated rings. The molecule has 16 heavy (non-hydrogen) atoms. The summed E-state index contributed by atoms with van der Waals surface area (Å²) in [6.07, 6.45) is 5.01. The minimum atomic E-state index is 0.373. The highest BCUT2D eigenvalue weighted by molar-refractivity contribution is 5.81. The normalized spacial score (nSPS) is 15.6. The number of benzene rings is 1. The largest absolute Gasteiger partial charge is 0.497 e. The lowest BCUT2D eigenvalue weighted by atomic mass is 9.80. The van der Waals surface area contributed by atoms with E-state index in [1.54, 1.807) is 7.11 Å². The van der Waals surface area contributed by atoms with Crippen LogP contribution in [0.1, 0.15) is 31.2 Å². The molecule has 2 nitrogen and oxygen atoms in total. The SMILES string of the molecule is COc1ccc(CCC(=O)C2CCC2)cc1. The maximum absolute atomic E-state index is 11.7. The second kappa shape index (κ2) is 5.15. The Labute approximate surface area is 96.6 Å². The van der Waals surface area contributed by atoms with Crippen LogP contribution in [0.2, 0.25) is 0 Å². The predicted octanol–water partition coefficient (Wildman–Crippen LogP) is 3.00. The molecule has 0 unspecified atom stereocenters. The third-order valence-electron chi connectivity index (χ3n) is 3.38. The summed E-state index contributed by atoms with van der Waals surface area (Å²) in [6.45, 7) is 0. The Morgan fingerprint density at radius 1 is 1.31 bits per heavy atom. The van der Waals surface area contributed by atoms with E-state index in [2.05, 4.69) is 0 Å². The van der Waals surface area contributed by atoms with E-state index in [1.807, 2.05) is 24.3 Å². The molecule has 0 aromatic heterocycles. The summed E-state index contributed by atoms with van der Waals surface area (Å²) in [5.41, 5.74) is 1.22. The molecule has 2 heteroatoms. The average molecular weight is 218 g/mol. The van der Waals surface area contributed by atoms with Gasteiger partial charge in [0.1, 0.15) is 11.5 Å². The van der Waals surface area contributed by atoms with E-state index < -0.39 is 0 Å². The lowest BCUT2D eigenvalue weighted by Crippen LogP contribution is -2.22. The third-order valence-corrected chi connectivity index (χ3v) is 3.38. The molecular formula is C14H18O2. The van der Waals surface area contributed by atoms with Crippen molar-refractivity contribution < 1.29 is 9.53 Å². The predicted molar refractivity (Wildman–Crippen MR) is 63.7 cm³/mol. The number of ketones is 1. The van der Waals surface area contributed by atoms with E-state index in [1.165, 1.54) is 12.0 Å². The van der Waals surface area contributed by atoms with Crippen molar-refractivity contribution in [3.63, 3.8) is 0 Å². The van der Waals surface area contributed by atoms with Gasteiger partial charge in [0.05, 0.1) is 7.11 Å². The Balaban J connectivity index is 1.81. The zero-order valence-corrected chi connectivity index (χ0v) is 9.74. The quantitative estimate of drug-likeness (QED) is 0.759. The van der Waals surface area contributed by atoms with E-state index in [9.17, 15) is 4.79 Å². The van der Waals surface area contributed by atoms with Crippen LogP contribution < -0.4 is 4.74 Å². The maximum Gasteiger partial charge on any atom is 0.136 e. The molecule has 1 saturated carbocycles. The van der Waals surface area contributed by atoms with Crippen molar-refractivity contribution in [1.29, 1.82) is 0 Å². The van der Waals surface area contributed by atoms with Crippen molar-refractivity contribution >= 4 is 5.78 Å². The van der Waals surface area contributed by atoms with Gasteiger partial charge in [-0.25, -0.2) is 0 Å². The number of aryl methyl sites for hydroxylation is 1. The molecule has 1 aromatic rings. The van der Waals surface area contributed by atoms with Crippen LogP contribution in [0.3, 0.4) is 0 Å². The standard InChI is InChI=1S/C14H18O2/c1-16-13-8-5-11(6-9-13)7-10-14(15)12-3-2-4-12/h5-6,8-9,12H,2-4,7,10H2,1H3. The van der Waals surface area contributed by atoms with Gasteiger partial charge in [0.15, 0.2) is 0 Å². The zero-order chi connectivity index (χ0) is 11.4. The second-order valence-electron chi connectivity index (χ2n) is 4.44. The summed E-state index contributed by atoms with van der Waals surface area (Å²) < 4.78 is 5.09. The van der Waals surface area contributed by atoms with Crippen LogP contribution in [0.5, 0.6) is 5.75 Å². The fourth-order valence-electron chi connectivity index (χ4n) is 1.99. The number of hydrogen-bond acceptors (Lipinski definition) is 2. The molecule has 0 aliphatic heterocycles. The van der Waals surface area contributed by atoms with E-state index in [0.29, 0.717) is 18.1 Å². The summed E-state index contributed by atoms with van der Waals surface area (Å²) in [5.74, 6) is 1.69. The fraction of sp³-hybridized carbons (Fsp3) is 0.500. The van der Waals surface area contributed by atoms with Gasteiger partial charge in [-0.1, -0.05) is 18.6 Å². The molecular weight excluding hydrogens is 200 g/mol. The molecule has 0 atom stereocenters. The lowest BCUT2D eigenvalue weighted by molar-refractivity contribution is -0.125. The number of methoxy groups -OCH3 is 1. The van der Waals surface area contributed by atoms with Crippen LogP contribution in [-0.2, 0) is 11.2 Å². The van der Waals surface area contributed by atoms with Crippen LogP contribution in [0, 0.1) is 5.92 Å². The molecule has 0 bridgehead atoms. The molecule has 2 rings (SSSR count). The highest BCUT2D eigenvalue weighted by Gasteiger charge is 2.24. The van der Waals surface area contributed by atoms with Gasteiger partial charge in [0.2, 0.25) is 0 Å². The van der Waals surface area contributed by atoms with Crippen LogP contribution >= 0.6 is 0 Å². The minimum Gasteiger partial charge on any atom is -0.497 e. The van der Waals surface area contributed by atoms with Gasteiger partial charge in [0.25, 0.3) is 0 Å². The molecule has 0 radical (unpaired) electrons. The van der Waals surface area contributed by atoms with E-state index >= 15 is 0 Å². The molecule has 1 aliphatic carbocycles. The van der Waals surface area contributed by atoms with Crippen LogP contribution in [0.15, 0.2) is 24.3 Å². The number of carbonyl (C=O) groups is 1. The summed E-state index contributed by atoms with van der Waals surface area (Å²) >= 11 is 0. The number of hydrogen-bond donors (Lipinski definition) is 0. The van der Waals surface area contributed by atoms with Gasteiger partial charge in [-0.15, -0.1) is 0 Å². The van der Waals surface area contributed by atoms with E-state index in [4.69, 9.17) is 4.74 Å². The highest BCUT2D eigenvalue weighted by Crippen LogP contribution is 2.28. The smallest absolute Gasteiger partial charge is 0.136 e. The van der Waals surface area contributed by atoms with Gasteiger partial charge in [-0.3, -0.25) is 4.79 Å². The second-order valence-corrected chi connectivity index (χ2v) is 4.44. The number of Topliss-reactive ketones (excluding diaryl/α,β-unsaturated/α-hetero) is 1. The zero-order valence-electron chi connectivity index (χ0n) is 9.74. The Kier molecular flexibility index (Phi) is 3.60. The van der Waals surface area contributed by atoms with Crippen molar-refractivity contribution in [3.8, 4) is 5.75 Å². The van der Waals surface area contributed by atoms with Crippen LogP contribution in [-0.4, -0.2) is 12.9 Å². The molecule has 0 amide bonds. The first kappa shape index (κ1) is 11.2. The Hall–Kier alpha value is -1.31. The van der Waals surface area contributed by atoms with E-state index in [0.717, 1.165) is 25.0 Å². The fourth-order valence-corrected chi connectivity index (χ4v) is 1.99. The van der Waals surface area contributed by atoms with E-state index in [-0.39, 0.29) is 0 Å². The molecule has 1 aliphatic rings. The maximum atomic E-state index is 11.7.